The third-order valence-corrected chi connectivity index (χ3v) is 5.18. The Morgan fingerprint density at radius 1 is 1.11 bits per heavy atom. The molecule has 1 aromatic rings. The molecule has 194 valence electrons. The lowest BCUT2D eigenvalue weighted by atomic mass is 9.94. The van der Waals surface area contributed by atoms with Gasteiger partial charge in [-0.25, -0.2) is 4.79 Å². The Kier molecular flexibility index (Phi) is 11.1. The lowest BCUT2D eigenvalue weighted by molar-refractivity contribution is -0.160. The Bertz CT molecular complexity index is 857. The maximum Gasteiger partial charge on any atom is 0.332 e. The van der Waals surface area contributed by atoms with Crippen molar-refractivity contribution in [1.29, 1.82) is 0 Å². The van der Waals surface area contributed by atoms with Crippen LogP contribution in [0.4, 0.5) is 0 Å². The van der Waals surface area contributed by atoms with Gasteiger partial charge in [0, 0.05) is 45.4 Å². The molecule has 1 aliphatic rings. The van der Waals surface area contributed by atoms with E-state index in [0.717, 1.165) is 5.56 Å². The fraction of sp³-hybridized carbons (Fsp3) is 0.625. The van der Waals surface area contributed by atoms with Crippen LogP contribution in [-0.2, 0) is 33.4 Å². The predicted molar refractivity (Wildman–Crippen MR) is 126 cm³/mol. The summed E-state index contributed by atoms with van der Waals surface area (Å²) in [5.74, 6) is -1.56. The Morgan fingerprint density at radius 3 is 2.54 bits per heavy atom. The lowest BCUT2D eigenvalue weighted by Crippen LogP contribution is -2.37. The molecule has 0 spiro atoms. The molecule has 1 fully saturated rings. The smallest absolute Gasteiger partial charge is 0.332 e. The molecule has 0 saturated carbocycles. The second kappa shape index (κ2) is 13.7. The quantitative estimate of drug-likeness (QED) is 0.302. The molecule has 1 aliphatic heterocycles. The van der Waals surface area contributed by atoms with Crippen LogP contribution in [0.1, 0.15) is 45.2 Å². The first-order chi connectivity index (χ1) is 16.6. The van der Waals surface area contributed by atoms with Crippen molar-refractivity contribution in [3.8, 4) is 0 Å². The molecule has 2 N–H and O–H groups in total. The van der Waals surface area contributed by atoms with Gasteiger partial charge in [0.05, 0.1) is 31.8 Å². The highest BCUT2D eigenvalue weighted by atomic mass is 16.6. The van der Waals surface area contributed by atoms with Gasteiger partial charge in [-0.2, -0.15) is 0 Å². The number of carbonyl (C=O) groups excluding carboxylic acids is 4. The molecule has 3 amide bonds. The number of aromatic nitrogens is 1. The molecule has 2 rings (SSSR count). The van der Waals surface area contributed by atoms with Crippen LogP contribution in [0.2, 0.25) is 0 Å². The lowest BCUT2D eigenvalue weighted by Gasteiger charge is -2.24. The van der Waals surface area contributed by atoms with Crippen LogP contribution in [-0.4, -0.2) is 85.7 Å². The van der Waals surface area contributed by atoms with Crippen molar-refractivity contribution in [1.82, 2.24) is 20.5 Å². The first-order valence-corrected chi connectivity index (χ1v) is 11.7. The first-order valence-electron chi connectivity index (χ1n) is 11.7. The minimum absolute atomic E-state index is 0.105. The van der Waals surface area contributed by atoms with Crippen LogP contribution in [0.15, 0.2) is 24.5 Å². The highest BCUT2D eigenvalue weighted by Gasteiger charge is 2.42. The number of carbonyl (C=O) groups is 4. The molecule has 2 heterocycles. The van der Waals surface area contributed by atoms with E-state index in [4.69, 9.17) is 14.2 Å². The van der Waals surface area contributed by atoms with E-state index in [1.807, 2.05) is 6.07 Å². The van der Waals surface area contributed by atoms with Gasteiger partial charge in [0.2, 0.25) is 17.7 Å². The average molecular weight is 493 g/mol. The summed E-state index contributed by atoms with van der Waals surface area (Å²) in [4.78, 5) is 54.0. The molecule has 0 bridgehead atoms. The number of hydrogen-bond acceptors (Lipinski definition) is 8. The Morgan fingerprint density at radius 2 is 1.86 bits per heavy atom. The number of pyridine rings is 1. The van der Waals surface area contributed by atoms with Gasteiger partial charge >= 0.3 is 5.97 Å². The minimum Gasteiger partial charge on any atom is -0.458 e. The zero-order valence-electron chi connectivity index (χ0n) is 20.9. The number of hydrogen-bond donors (Lipinski definition) is 2. The standard InChI is InChI=1S/C24H36N4O7/c1-24(2,3)35-21(31)16-34-13-12-33-11-10-26-19(29)7-9-27-23(32)18-14-20(30)28(4)22(18)17-6-5-8-25-15-17/h5-6,8,15,18,22H,7,9-14,16H2,1-4H3,(H,26,29)(H,27,32)/t18-,22+/m0/s1. The molecule has 1 aromatic heterocycles. The molecule has 2 atom stereocenters. The fourth-order valence-electron chi connectivity index (χ4n) is 3.64. The summed E-state index contributed by atoms with van der Waals surface area (Å²) in [5.41, 5.74) is 0.251. The molecule has 0 aromatic carbocycles. The van der Waals surface area contributed by atoms with E-state index in [1.54, 1.807) is 51.2 Å². The third kappa shape index (κ3) is 9.99. The zero-order chi connectivity index (χ0) is 25.8. The molecule has 35 heavy (non-hydrogen) atoms. The fourth-order valence-corrected chi connectivity index (χ4v) is 3.64. The van der Waals surface area contributed by atoms with Crippen molar-refractivity contribution in [2.75, 3.05) is 46.6 Å². The number of rotatable bonds is 13. The highest BCUT2D eigenvalue weighted by molar-refractivity contribution is 5.90. The number of likely N-dealkylation sites (tertiary alicyclic amines) is 1. The first kappa shape index (κ1) is 28.2. The molecule has 0 aliphatic carbocycles. The number of ether oxygens (including phenoxy) is 3. The van der Waals surface area contributed by atoms with Gasteiger partial charge in [0.25, 0.3) is 0 Å². The molecule has 11 nitrogen and oxygen atoms in total. The highest BCUT2D eigenvalue weighted by Crippen LogP contribution is 2.36. The van der Waals surface area contributed by atoms with E-state index in [-0.39, 0.29) is 69.6 Å². The summed E-state index contributed by atoms with van der Waals surface area (Å²) in [6.45, 7) is 6.49. The second-order valence-electron chi connectivity index (χ2n) is 9.19. The predicted octanol–water partition coefficient (Wildman–Crippen LogP) is 0.598. The summed E-state index contributed by atoms with van der Waals surface area (Å²) in [7, 11) is 1.68. The zero-order valence-corrected chi connectivity index (χ0v) is 20.9. The van der Waals surface area contributed by atoms with Crippen LogP contribution >= 0.6 is 0 Å². The van der Waals surface area contributed by atoms with Crippen LogP contribution in [0, 0.1) is 5.92 Å². The van der Waals surface area contributed by atoms with Crippen molar-refractivity contribution in [2.24, 2.45) is 5.92 Å². The Labute approximate surface area is 205 Å². The van der Waals surface area contributed by atoms with Crippen molar-refractivity contribution < 1.29 is 33.4 Å². The maximum atomic E-state index is 12.7. The molecule has 0 radical (unpaired) electrons. The summed E-state index contributed by atoms with van der Waals surface area (Å²) in [5, 5.41) is 5.47. The van der Waals surface area contributed by atoms with Crippen molar-refractivity contribution in [2.45, 2.75) is 45.3 Å². The Balaban J connectivity index is 1.56. The van der Waals surface area contributed by atoms with Gasteiger partial charge in [-0.05, 0) is 32.4 Å². The van der Waals surface area contributed by atoms with Gasteiger partial charge in [-0.15, -0.1) is 0 Å². The van der Waals surface area contributed by atoms with E-state index in [2.05, 4.69) is 15.6 Å². The number of nitrogens with zero attached hydrogens (tertiary/aromatic N) is 2. The van der Waals surface area contributed by atoms with Gasteiger partial charge in [-0.1, -0.05) is 6.07 Å². The number of amides is 3. The SMILES string of the molecule is CN1C(=O)C[C@H](C(=O)NCCC(=O)NCCOCCOCC(=O)OC(C)(C)C)[C@H]1c1cccnc1. The summed E-state index contributed by atoms with van der Waals surface area (Å²) < 4.78 is 15.7. The second-order valence-corrected chi connectivity index (χ2v) is 9.19. The summed E-state index contributed by atoms with van der Waals surface area (Å²) in [6.07, 6.45) is 3.52. The van der Waals surface area contributed by atoms with E-state index < -0.39 is 17.5 Å². The number of nitrogens with one attached hydrogen (secondary N) is 2. The van der Waals surface area contributed by atoms with Crippen LogP contribution in [0.25, 0.3) is 0 Å². The topological polar surface area (TPSA) is 136 Å². The van der Waals surface area contributed by atoms with Gasteiger partial charge in [-0.3, -0.25) is 19.4 Å². The summed E-state index contributed by atoms with van der Waals surface area (Å²) >= 11 is 0. The van der Waals surface area contributed by atoms with E-state index in [0.29, 0.717) is 6.54 Å². The average Bonchev–Trinajstić information content (AvgIpc) is 3.09. The van der Waals surface area contributed by atoms with E-state index >= 15 is 0 Å². The van der Waals surface area contributed by atoms with Gasteiger partial charge in [0.15, 0.2) is 0 Å². The van der Waals surface area contributed by atoms with E-state index in [1.165, 1.54) is 0 Å². The molecular formula is C24H36N4O7. The van der Waals surface area contributed by atoms with Gasteiger partial charge in [0.1, 0.15) is 12.2 Å². The van der Waals surface area contributed by atoms with E-state index in [9.17, 15) is 19.2 Å². The normalized spacial score (nSPS) is 17.8. The minimum atomic E-state index is -0.549. The maximum absolute atomic E-state index is 12.7. The van der Waals surface area contributed by atoms with Crippen molar-refractivity contribution in [3.63, 3.8) is 0 Å². The molecule has 0 unspecified atom stereocenters. The van der Waals surface area contributed by atoms with Crippen LogP contribution < -0.4 is 10.6 Å². The van der Waals surface area contributed by atoms with Crippen molar-refractivity contribution in [3.05, 3.63) is 30.1 Å². The third-order valence-electron chi connectivity index (χ3n) is 5.18. The molecule has 11 heteroatoms. The number of esters is 1. The van der Waals surface area contributed by atoms with Crippen molar-refractivity contribution >= 4 is 23.7 Å². The Hall–Kier alpha value is -3.05. The largest absolute Gasteiger partial charge is 0.458 e. The summed E-state index contributed by atoms with van der Waals surface area (Å²) in [6, 6.07) is 3.23. The molecular weight excluding hydrogens is 456 g/mol. The van der Waals surface area contributed by atoms with Crippen LogP contribution in [0.3, 0.4) is 0 Å². The monoisotopic (exact) mass is 492 g/mol. The van der Waals surface area contributed by atoms with Crippen LogP contribution in [0.5, 0.6) is 0 Å². The molecule has 1 saturated heterocycles. The van der Waals surface area contributed by atoms with Gasteiger partial charge < -0.3 is 29.7 Å².